The van der Waals surface area contributed by atoms with E-state index in [1.807, 2.05) is 13.2 Å². The van der Waals surface area contributed by atoms with E-state index in [0.29, 0.717) is 12.2 Å². The van der Waals surface area contributed by atoms with Gasteiger partial charge in [-0.3, -0.25) is 4.79 Å². The van der Waals surface area contributed by atoms with Gasteiger partial charge >= 0.3 is 18.0 Å². The first-order chi connectivity index (χ1) is 8.40. The Kier molecular flexibility index (Phi) is 7.93. The molecule has 0 heterocycles. The van der Waals surface area contributed by atoms with Gasteiger partial charge in [-0.15, -0.1) is 0 Å². The summed E-state index contributed by atoms with van der Waals surface area (Å²) in [5, 5.41) is 22.0. The van der Waals surface area contributed by atoms with E-state index in [2.05, 4.69) is 10.6 Å². The van der Waals surface area contributed by atoms with Gasteiger partial charge in [0.15, 0.2) is 0 Å². The SMILES string of the molecule is CCC(CSC)NC(=O)N[C@@H](CC(=O)O)C(=O)O. The van der Waals surface area contributed by atoms with Crippen LogP contribution in [0.25, 0.3) is 0 Å². The number of carbonyl (C=O) groups is 3. The number of hydrogen-bond donors (Lipinski definition) is 4. The van der Waals surface area contributed by atoms with Crippen LogP contribution in [0.3, 0.4) is 0 Å². The zero-order valence-corrected chi connectivity index (χ0v) is 11.1. The van der Waals surface area contributed by atoms with Crippen LogP contribution < -0.4 is 10.6 Å². The predicted molar refractivity (Wildman–Crippen MR) is 67.8 cm³/mol. The zero-order chi connectivity index (χ0) is 14.1. The van der Waals surface area contributed by atoms with Crippen LogP contribution in [-0.4, -0.2) is 52.3 Å². The predicted octanol–water partition coefficient (Wildman–Crippen LogP) is 0.355. The summed E-state index contributed by atoms with van der Waals surface area (Å²) in [6, 6.07) is -2.15. The van der Waals surface area contributed by atoms with Crippen molar-refractivity contribution in [2.24, 2.45) is 0 Å². The van der Waals surface area contributed by atoms with Crippen LogP contribution in [0.1, 0.15) is 19.8 Å². The number of carboxylic acids is 2. The van der Waals surface area contributed by atoms with Gasteiger partial charge in [-0.25, -0.2) is 9.59 Å². The smallest absolute Gasteiger partial charge is 0.326 e. The minimum absolute atomic E-state index is 0.0701. The number of amides is 2. The Bertz CT molecular complexity index is 311. The van der Waals surface area contributed by atoms with E-state index in [4.69, 9.17) is 10.2 Å². The molecule has 0 aliphatic rings. The first-order valence-electron chi connectivity index (χ1n) is 5.41. The average molecular weight is 278 g/mol. The molecule has 0 radical (unpaired) electrons. The standard InChI is InChI=1S/C10H18N2O5S/c1-3-6(5-18-2)11-10(17)12-7(9(15)16)4-8(13)14/h6-7H,3-5H2,1-2H3,(H,13,14)(H,15,16)(H2,11,12,17)/t6?,7-/m0/s1. The summed E-state index contributed by atoms with van der Waals surface area (Å²) in [6.45, 7) is 1.90. The number of thioether (sulfide) groups is 1. The molecular formula is C10H18N2O5S. The number of aliphatic carboxylic acids is 2. The summed E-state index contributed by atoms with van der Waals surface area (Å²) in [6.07, 6.45) is 1.96. The number of carbonyl (C=O) groups excluding carboxylic acids is 1. The molecule has 0 spiro atoms. The van der Waals surface area contributed by atoms with E-state index in [9.17, 15) is 14.4 Å². The fraction of sp³-hybridized carbons (Fsp3) is 0.700. The van der Waals surface area contributed by atoms with Gasteiger partial charge in [0, 0.05) is 11.8 Å². The van der Waals surface area contributed by atoms with Gasteiger partial charge in [-0.05, 0) is 12.7 Å². The Hall–Kier alpha value is -1.44. The molecule has 0 fully saturated rings. The summed E-state index contributed by atoms with van der Waals surface area (Å²) < 4.78 is 0. The van der Waals surface area contributed by atoms with Gasteiger partial charge in [-0.1, -0.05) is 6.92 Å². The molecule has 18 heavy (non-hydrogen) atoms. The third-order valence-electron chi connectivity index (χ3n) is 2.18. The molecule has 7 nitrogen and oxygen atoms in total. The maximum Gasteiger partial charge on any atom is 0.326 e. The monoisotopic (exact) mass is 278 g/mol. The highest BCUT2D eigenvalue weighted by atomic mass is 32.2. The molecule has 2 atom stereocenters. The molecule has 0 aromatic rings. The first-order valence-corrected chi connectivity index (χ1v) is 6.80. The van der Waals surface area contributed by atoms with Crippen molar-refractivity contribution >= 4 is 29.7 Å². The maximum atomic E-state index is 11.5. The molecule has 0 bridgehead atoms. The molecule has 1 unspecified atom stereocenters. The van der Waals surface area contributed by atoms with Gasteiger partial charge in [0.05, 0.1) is 6.42 Å². The molecule has 104 valence electrons. The molecule has 0 saturated carbocycles. The fourth-order valence-electron chi connectivity index (χ4n) is 1.22. The largest absolute Gasteiger partial charge is 0.481 e. The van der Waals surface area contributed by atoms with Gasteiger partial charge < -0.3 is 20.8 Å². The highest BCUT2D eigenvalue weighted by molar-refractivity contribution is 7.98. The highest BCUT2D eigenvalue weighted by Crippen LogP contribution is 2.01. The van der Waals surface area contributed by atoms with Crippen molar-refractivity contribution < 1.29 is 24.6 Å². The maximum absolute atomic E-state index is 11.5. The second-order valence-electron chi connectivity index (χ2n) is 3.67. The lowest BCUT2D eigenvalue weighted by atomic mass is 10.2. The second-order valence-corrected chi connectivity index (χ2v) is 4.58. The molecule has 0 rings (SSSR count). The van der Waals surface area contributed by atoms with Gasteiger partial charge in [-0.2, -0.15) is 11.8 Å². The Balaban J connectivity index is 4.32. The Labute approximate surface area is 109 Å². The summed E-state index contributed by atoms with van der Waals surface area (Å²) in [5.74, 6) is -1.94. The van der Waals surface area contributed by atoms with E-state index in [-0.39, 0.29) is 6.04 Å². The topological polar surface area (TPSA) is 116 Å². The lowest BCUT2D eigenvalue weighted by Crippen LogP contribution is -2.50. The van der Waals surface area contributed by atoms with Crippen LogP contribution in [0.4, 0.5) is 4.79 Å². The van der Waals surface area contributed by atoms with Crippen molar-refractivity contribution in [3.63, 3.8) is 0 Å². The molecule has 0 aliphatic heterocycles. The van der Waals surface area contributed by atoms with E-state index >= 15 is 0 Å². The van der Waals surface area contributed by atoms with Crippen LogP contribution in [0.2, 0.25) is 0 Å². The summed E-state index contributed by atoms with van der Waals surface area (Å²) in [4.78, 5) is 32.7. The van der Waals surface area contributed by atoms with Crippen molar-refractivity contribution in [2.45, 2.75) is 31.8 Å². The van der Waals surface area contributed by atoms with Crippen LogP contribution in [0.5, 0.6) is 0 Å². The number of nitrogens with one attached hydrogen (secondary N) is 2. The quantitative estimate of drug-likeness (QED) is 0.509. The molecule has 2 amide bonds. The van der Waals surface area contributed by atoms with E-state index < -0.39 is 30.4 Å². The second kappa shape index (κ2) is 8.62. The number of hydrogen-bond acceptors (Lipinski definition) is 4. The van der Waals surface area contributed by atoms with Crippen LogP contribution >= 0.6 is 11.8 Å². The Morgan fingerprint density at radius 2 is 1.83 bits per heavy atom. The van der Waals surface area contributed by atoms with E-state index in [1.54, 1.807) is 11.8 Å². The zero-order valence-electron chi connectivity index (χ0n) is 10.3. The lowest BCUT2D eigenvalue weighted by molar-refractivity contribution is -0.145. The van der Waals surface area contributed by atoms with Crippen LogP contribution in [-0.2, 0) is 9.59 Å². The van der Waals surface area contributed by atoms with Crippen LogP contribution in [0.15, 0.2) is 0 Å². The van der Waals surface area contributed by atoms with Crippen molar-refractivity contribution in [2.75, 3.05) is 12.0 Å². The fourth-order valence-corrected chi connectivity index (χ4v) is 1.94. The van der Waals surface area contributed by atoms with E-state index in [0.717, 1.165) is 0 Å². The molecule has 0 aliphatic carbocycles. The molecule has 4 N–H and O–H groups in total. The van der Waals surface area contributed by atoms with Crippen LogP contribution in [0, 0.1) is 0 Å². The molecule has 8 heteroatoms. The average Bonchev–Trinajstić information content (AvgIpc) is 2.26. The van der Waals surface area contributed by atoms with Crippen molar-refractivity contribution in [1.82, 2.24) is 10.6 Å². The van der Waals surface area contributed by atoms with E-state index in [1.165, 1.54) is 0 Å². The van der Waals surface area contributed by atoms with Crippen molar-refractivity contribution in [3.8, 4) is 0 Å². The minimum atomic E-state index is -1.42. The van der Waals surface area contributed by atoms with Crippen molar-refractivity contribution in [3.05, 3.63) is 0 Å². The summed E-state index contributed by atoms with van der Waals surface area (Å²) in [5.41, 5.74) is 0. The Morgan fingerprint density at radius 3 is 2.22 bits per heavy atom. The third-order valence-corrected chi connectivity index (χ3v) is 2.91. The third kappa shape index (κ3) is 7.00. The number of rotatable bonds is 8. The molecule has 0 aromatic heterocycles. The summed E-state index contributed by atoms with van der Waals surface area (Å²) >= 11 is 1.56. The Morgan fingerprint density at radius 1 is 1.22 bits per heavy atom. The van der Waals surface area contributed by atoms with Gasteiger partial charge in [0.2, 0.25) is 0 Å². The number of carboxylic acid groups (broad SMARTS) is 2. The highest BCUT2D eigenvalue weighted by Gasteiger charge is 2.23. The molecular weight excluding hydrogens is 260 g/mol. The first kappa shape index (κ1) is 16.6. The van der Waals surface area contributed by atoms with Gasteiger partial charge in [0.1, 0.15) is 6.04 Å². The minimum Gasteiger partial charge on any atom is -0.481 e. The van der Waals surface area contributed by atoms with Crippen molar-refractivity contribution in [1.29, 1.82) is 0 Å². The van der Waals surface area contributed by atoms with Gasteiger partial charge in [0.25, 0.3) is 0 Å². The lowest BCUT2D eigenvalue weighted by Gasteiger charge is -2.18. The normalized spacial score (nSPS) is 13.4. The molecule has 0 aromatic carbocycles. The summed E-state index contributed by atoms with van der Waals surface area (Å²) in [7, 11) is 0. The molecule has 0 saturated heterocycles. The number of urea groups is 1.